The van der Waals surface area contributed by atoms with E-state index in [4.69, 9.17) is 0 Å². The quantitative estimate of drug-likeness (QED) is 0.396. The normalized spacial score (nSPS) is 14.2. The van der Waals surface area contributed by atoms with Gasteiger partial charge in [-0.05, 0) is 61.7 Å². The summed E-state index contributed by atoms with van der Waals surface area (Å²) < 4.78 is 0. The van der Waals surface area contributed by atoms with E-state index in [2.05, 4.69) is 16.0 Å². The van der Waals surface area contributed by atoms with Crippen molar-refractivity contribution in [2.75, 3.05) is 30.3 Å². The molecule has 7 heteroatoms. The van der Waals surface area contributed by atoms with Crippen LogP contribution >= 0.6 is 0 Å². The van der Waals surface area contributed by atoms with Crippen molar-refractivity contribution in [2.24, 2.45) is 0 Å². The highest BCUT2D eigenvalue weighted by Gasteiger charge is 2.18. The number of carbonyl (C=O) groups is 3. The third-order valence-electron chi connectivity index (χ3n) is 6.51. The molecule has 0 radical (unpaired) electrons. The van der Waals surface area contributed by atoms with E-state index in [9.17, 15) is 14.4 Å². The van der Waals surface area contributed by atoms with E-state index < -0.39 is 0 Å². The lowest BCUT2D eigenvalue weighted by molar-refractivity contribution is -0.114. The van der Waals surface area contributed by atoms with E-state index in [1.807, 2.05) is 60.4 Å². The molecule has 1 aliphatic heterocycles. The predicted molar refractivity (Wildman–Crippen MR) is 147 cm³/mol. The molecular weight excluding hydrogens is 464 g/mol. The lowest BCUT2D eigenvalue weighted by Gasteiger charge is -2.20. The molecule has 3 amide bonds. The lowest BCUT2D eigenvalue weighted by atomic mass is 10.1. The maximum absolute atomic E-state index is 12.9. The Hall–Kier alpha value is -4.13. The average Bonchev–Trinajstić information content (AvgIpc) is 3.22. The van der Waals surface area contributed by atoms with Gasteiger partial charge in [0.2, 0.25) is 5.91 Å². The first-order chi connectivity index (χ1) is 18.0. The van der Waals surface area contributed by atoms with Gasteiger partial charge in [-0.2, -0.15) is 0 Å². The van der Waals surface area contributed by atoms with Crippen LogP contribution in [0.1, 0.15) is 64.9 Å². The summed E-state index contributed by atoms with van der Waals surface area (Å²) in [5.41, 5.74) is 3.35. The Morgan fingerprint density at radius 3 is 2.16 bits per heavy atom. The van der Waals surface area contributed by atoms with Crippen LogP contribution in [0, 0.1) is 0 Å². The van der Waals surface area contributed by atoms with Crippen LogP contribution in [0.3, 0.4) is 0 Å². The Morgan fingerprint density at radius 2 is 1.43 bits per heavy atom. The Kier molecular flexibility index (Phi) is 8.92. The summed E-state index contributed by atoms with van der Waals surface area (Å²) in [4.78, 5) is 40.1. The Bertz CT molecular complexity index is 1220. The van der Waals surface area contributed by atoms with Crippen LogP contribution in [0.4, 0.5) is 11.4 Å². The van der Waals surface area contributed by atoms with Crippen molar-refractivity contribution in [1.82, 2.24) is 10.2 Å². The molecule has 0 bridgehead atoms. The van der Waals surface area contributed by atoms with Gasteiger partial charge >= 0.3 is 0 Å². The second-order valence-corrected chi connectivity index (χ2v) is 9.38. The first-order valence-electron chi connectivity index (χ1n) is 12.9. The summed E-state index contributed by atoms with van der Waals surface area (Å²) in [5.74, 6) is -0.428. The molecule has 4 rings (SSSR count). The maximum Gasteiger partial charge on any atom is 0.253 e. The fourth-order valence-electron chi connectivity index (χ4n) is 4.45. The molecule has 1 atom stereocenters. The molecule has 1 aliphatic rings. The summed E-state index contributed by atoms with van der Waals surface area (Å²) in [7, 11) is 0. The van der Waals surface area contributed by atoms with Gasteiger partial charge in [0.15, 0.2) is 0 Å². The SMILES string of the molecule is CC(NC(=O)c1cccc(NC(=O)CNc2cccc(C(=O)N3CCCCCC3)c2)c1)c1ccccc1. The first-order valence-corrected chi connectivity index (χ1v) is 12.9. The molecule has 1 heterocycles. The maximum atomic E-state index is 12.9. The Morgan fingerprint density at radius 1 is 0.784 bits per heavy atom. The fourth-order valence-corrected chi connectivity index (χ4v) is 4.45. The van der Waals surface area contributed by atoms with Gasteiger partial charge in [-0.3, -0.25) is 14.4 Å². The number of anilines is 2. The molecule has 3 aromatic rings. The van der Waals surface area contributed by atoms with Gasteiger partial charge in [0.25, 0.3) is 11.8 Å². The number of rotatable bonds is 8. The molecule has 37 heavy (non-hydrogen) atoms. The smallest absolute Gasteiger partial charge is 0.253 e. The van der Waals surface area contributed by atoms with Gasteiger partial charge in [0.05, 0.1) is 12.6 Å². The van der Waals surface area contributed by atoms with Crippen LogP contribution in [0.25, 0.3) is 0 Å². The minimum atomic E-state index is -0.251. The number of nitrogens with zero attached hydrogens (tertiary/aromatic N) is 1. The van der Waals surface area contributed by atoms with E-state index in [-0.39, 0.29) is 30.3 Å². The second kappa shape index (κ2) is 12.7. The van der Waals surface area contributed by atoms with Crippen molar-refractivity contribution in [1.29, 1.82) is 0 Å². The zero-order chi connectivity index (χ0) is 26.0. The standard InChI is InChI=1S/C30H34N4O3/c1-22(23-11-5-4-6-12-23)32-29(36)24-13-9-16-27(19-24)33-28(35)21-31-26-15-10-14-25(20-26)30(37)34-17-7-2-3-8-18-34/h4-6,9-16,19-20,22,31H,2-3,7-8,17-18,21H2,1H3,(H,32,36)(H,33,35). The average molecular weight is 499 g/mol. The van der Waals surface area contributed by atoms with E-state index in [1.54, 1.807) is 30.3 Å². The number of benzene rings is 3. The van der Waals surface area contributed by atoms with Crippen LogP contribution in [0.5, 0.6) is 0 Å². The second-order valence-electron chi connectivity index (χ2n) is 9.38. The Balaban J connectivity index is 1.30. The number of likely N-dealkylation sites (tertiary alicyclic amines) is 1. The molecule has 0 aliphatic carbocycles. The van der Waals surface area contributed by atoms with Crippen LogP contribution in [-0.2, 0) is 4.79 Å². The van der Waals surface area contributed by atoms with Crippen LogP contribution in [0.15, 0.2) is 78.9 Å². The van der Waals surface area contributed by atoms with Gasteiger partial charge in [-0.25, -0.2) is 0 Å². The fraction of sp³-hybridized carbons (Fsp3) is 0.300. The minimum Gasteiger partial charge on any atom is -0.376 e. The van der Waals surface area contributed by atoms with Gasteiger partial charge < -0.3 is 20.9 Å². The Labute approximate surface area is 218 Å². The van der Waals surface area contributed by atoms with Crippen molar-refractivity contribution in [3.05, 3.63) is 95.6 Å². The molecule has 0 aromatic heterocycles. The largest absolute Gasteiger partial charge is 0.376 e. The molecule has 0 spiro atoms. The van der Waals surface area contributed by atoms with E-state index in [0.29, 0.717) is 22.5 Å². The molecular formula is C30H34N4O3. The van der Waals surface area contributed by atoms with Crippen molar-refractivity contribution in [3.8, 4) is 0 Å². The zero-order valence-corrected chi connectivity index (χ0v) is 21.2. The van der Waals surface area contributed by atoms with Gasteiger partial charge in [-0.15, -0.1) is 0 Å². The molecule has 192 valence electrons. The van der Waals surface area contributed by atoms with E-state index in [0.717, 1.165) is 31.5 Å². The van der Waals surface area contributed by atoms with Gasteiger partial charge in [-0.1, -0.05) is 55.3 Å². The number of carbonyl (C=O) groups excluding carboxylic acids is 3. The number of nitrogens with one attached hydrogen (secondary N) is 3. The minimum absolute atomic E-state index is 0.0306. The summed E-state index contributed by atoms with van der Waals surface area (Å²) in [6, 6.07) is 23.7. The highest BCUT2D eigenvalue weighted by atomic mass is 16.2. The van der Waals surface area contributed by atoms with Crippen LogP contribution < -0.4 is 16.0 Å². The number of hydrogen-bond acceptors (Lipinski definition) is 4. The third-order valence-corrected chi connectivity index (χ3v) is 6.51. The van der Waals surface area contributed by atoms with Crippen LogP contribution in [0.2, 0.25) is 0 Å². The predicted octanol–water partition coefficient (Wildman–Crippen LogP) is 5.24. The molecule has 1 saturated heterocycles. The molecule has 7 nitrogen and oxygen atoms in total. The summed E-state index contributed by atoms with van der Waals surface area (Å²) in [6.45, 7) is 3.55. The molecule has 3 aromatic carbocycles. The molecule has 1 unspecified atom stereocenters. The molecule has 3 N–H and O–H groups in total. The van der Waals surface area contributed by atoms with Crippen molar-refractivity contribution >= 4 is 29.1 Å². The van der Waals surface area contributed by atoms with E-state index >= 15 is 0 Å². The van der Waals surface area contributed by atoms with Gasteiger partial charge in [0.1, 0.15) is 0 Å². The number of amides is 3. The monoisotopic (exact) mass is 498 g/mol. The topological polar surface area (TPSA) is 90.5 Å². The summed E-state index contributed by atoms with van der Waals surface area (Å²) in [6.07, 6.45) is 4.42. The highest BCUT2D eigenvalue weighted by molar-refractivity contribution is 5.98. The molecule has 1 fully saturated rings. The van der Waals surface area contributed by atoms with E-state index in [1.165, 1.54) is 12.8 Å². The van der Waals surface area contributed by atoms with Gasteiger partial charge in [0, 0.05) is 35.6 Å². The van der Waals surface area contributed by atoms with Crippen LogP contribution in [-0.4, -0.2) is 42.3 Å². The lowest BCUT2D eigenvalue weighted by Crippen LogP contribution is -2.31. The van der Waals surface area contributed by atoms with Crippen molar-refractivity contribution in [3.63, 3.8) is 0 Å². The van der Waals surface area contributed by atoms with Crippen molar-refractivity contribution < 1.29 is 14.4 Å². The van der Waals surface area contributed by atoms with Crippen molar-refractivity contribution in [2.45, 2.75) is 38.6 Å². The zero-order valence-electron chi connectivity index (χ0n) is 21.2. The summed E-state index contributed by atoms with van der Waals surface area (Å²) >= 11 is 0. The molecule has 0 saturated carbocycles. The number of hydrogen-bond donors (Lipinski definition) is 3. The third kappa shape index (κ3) is 7.43. The summed E-state index contributed by atoms with van der Waals surface area (Å²) in [5, 5.41) is 8.91. The highest BCUT2D eigenvalue weighted by Crippen LogP contribution is 2.17. The first kappa shape index (κ1) is 25.9.